The zero-order valence-electron chi connectivity index (χ0n) is 9.70. The SMILES string of the molecule is O=C(CSc1ccc(Cl)c(Cl)c1)c1ccccc1Br. The molecule has 0 atom stereocenters. The maximum absolute atomic E-state index is 12.1. The average molecular weight is 376 g/mol. The van der Waals surface area contributed by atoms with Gasteiger partial charge in [-0.3, -0.25) is 4.79 Å². The summed E-state index contributed by atoms with van der Waals surface area (Å²) in [6, 6.07) is 12.7. The van der Waals surface area contributed by atoms with E-state index in [2.05, 4.69) is 15.9 Å². The van der Waals surface area contributed by atoms with Gasteiger partial charge in [-0.15, -0.1) is 11.8 Å². The van der Waals surface area contributed by atoms with Crippen molar-refractivity contribution >= 4 is 56.7 Å². The van der Waals surface area contributed by atoms with Crippen LogP contribution in [0.4, 0.5) is 0 Å². The number of carbonyl (C=O) groups is 1. The van der Waals surface area contributed by atoms with Gasteiger partial charge in [0.1, 0.15) is 0 Å². The van der Waals surface area contributed by atoms with E-state index in [1.165, 1.54) is 11.8 Å². The van der Waals surface area contributed by atoms with Crippen LogP contribution >= 0.6 is 50.9 Å². The van der Waals surface area contributed by atoms with Crippen LogP contribution in [0.5, 0.6) is 0 Å². The van der Waals surface area contributed by atoms with Crippen LogP contribution in [0.25, 0.3) is 0 Å². The summed E-state index contributed by atoms with van der Waals surface area (Å²) in [6.07, 6.45) is 0. The zero-order chi connectivity index (χ0) is 13.8. The van der Waals surface area contributed by atoms with Crippen LogP contribution in [-0.4, -0.2) is 11.5 Å². The summed E-state index contributed by atoms with van der Waals surface area (Å²) in [4.78, 5) is 13.0. The van der Waals surface area contributed by atoms with E-state index in [4.69, 9.17) is 23.2 Å². The van der Waals surface area contributed by atoms with E-state index in [0.29, 0.717) is 21.4 Å². The summed E-state index contributed by atoms with van der Waals surface area (Å²) in [5.74, 6) is 0.434. The Bertz CT molecular complexity index is 616. The highest BCUT2D eigenvalue weighted by atomic mass is 79.9. The van der Waals surface area contributed by atoms with E-state index in [9.17, 15) is 4.79 Å². The molecule has 2 aromatic carbocycles. The summed E-state index contributed by atoms with van der Waals surface area (Å²) < 4.78 is 0.815. The number of thioether (sulfide) groups is 1. The third kappa shape index (κ3) is 3.99. The smallest absolute Gasteiger partial charge is 0.174 e. The second-order valence-corrected chi connectivity index (χ2v) is 6.49. The molecule has 0 aliphatic heterocycles. The number of benzene rings is 2. The molecule has 2 aromatic rings. The van der Waals surface area contributed by atoms with Gasteiger partial charge in [-0.25, -0.2) is 0 Å². The lowest BCUT2D eigenvalue weighted by atomic mass is 10.1. The predicted octanol–water partition coefficient (Wildman–Crippen LogP) is 5.73. The molecule has 0 aliphatic carbocycles. The Morgan fingerprint density at radius 2 is 1.84 bits per heavy atom. The lowest BCUT2D eigenvalue weighted by Gasteiger charge is -2.04. The zero-order valence-corrected chi connectivity index (χ0v) is 13.6. The number of halogens is 3. The fourth-order valence-corrected chi connectivity index (χ4v) is 3.17. The molecule has 0 heterocycles. The molecule has 0 aromatic heterocycles. The first kappa shape index (κ1) is 14.9. The minimum absolute atomic E-state index is 0.0727. The number of ketones is 1. The van der Waals surface area contributed by atoms with Crippen LogP contribution < -0.4 is 0 Å². The molecule has 0 fully saturated rings. The van der Waals surface area contributed by atoms with Crippen molar-refractivity contribution in [3.05, 3.63) is 62.5 Å². The summed E-state index contributed by atoms with van der Waals surface area (Å²) in [6.45, 7) is 0. The highest BCUT2D eigenvalue weighted by Gasteiger charge is 2.10. The van der Waals surface area contributed by atoms with Gasteiger partial charge in [0, 0.05) is 14.9 Å². The average Bonchev–Trinajstić information content (AvgIpc) is 2.40. The van der Waals surface area contributed by atoms with Gasteiger partial charge in [0.05, 0.1) is 15.8 Å². The molecule has 0 radical (unpaired) electrons. The molecule has 1 nitrogen and oxygen atoms in total. The van der Waals surface area contributed by atoms with Crippen LogP contribution in [0.3, 0.4) is 0 Å². The van der Waals surface area contributed by atoms with E-state index in [1.54, 1.807) is 12.1 Å². The van der Waals surface area contributed by atoms with Crippen molar-refractivity contribution in [2.45, 2.75) is 4.90 Å². The number of hydrogen-bond donors (Lipinski definition) is 0. The van der Waals surface area contributed by atoms with Gasteiger partial charge in [0.25, 0.3) is 0 Å². The number of rotatable bonds is 4. The summed E-state index contributed by atoms with van der Waals surface area (Å²) in [5.41, 5.74) is 0.690. The van der Waals surface area contributed by atoms with Crippen molar-refractivity contribution in [2.24, 2.45) is 0 Å². The van der Waals surface area contributed by atoms with E-state index in [1.807, 2.05) is 30.3 Å². The van der Waals surface area contributed by atoms with Crippen LogP contribution in [0, 0.1) is 0 Å². The van der Waals surface area contributed by atoms with E-state index in [-0.39, 0.29) is 5.78 Å². The van der Waals surface area contributed by atoms with Crippen molar-refractivity contribution in [1.29, 1.82) is 0 Å². The van der Waals surface area contributed by atoms with Gasteiger partial charge in [-0.1, -0.05) is 57.3 Å². The fraction of sp³-hybridized carbons (Fsp3) is 0.0714. The monoisotopic (exact) mass is 374 g/mol. The Morgan fingerprint density at radius 3 is 2.53 bits per heavy atom. The van der Waals surface area contributed by atoms with Crippen molar-refractivity contribution in [2.75, 3.05) is 5.75 Å². The molecule has 0 unspecified atom stereocenters. The third-order valence-electron chi connectivity index (χ3n) is 2.44. The van der Waals surface area contributed by atoms with Crippen molar-refractivity contribution in [1.82, 2.24) is 0 Å². The second-order valence-electron chi connectivity index (χ2n) is 3.77. The van der Waals surface area contributed by atoms with Crippen molar-refractivity contribution < 1.29 is 4.79 Å². The first-order valence-electron chi connectivity index (χ1n) is 5.43. The molecule has 19 heavy (non-hydrogen) atoms. The molecule has 0 bridgehead atoms. The molecule has 0 saturated carbocycles. The lowest BCUT2D eigenvalue weighted by molar-refractivity contribution is 0.102. The molecule has 0 spiro atoms. The molecule has 5 heteroatoms. The normalized spacial score (nSPS) is 10.5. The topological polar surface area (TPSA) is 17.1 Å². The predicted molar refractivity (Wildman–Crippen MR) is 85.7 cm³/mol. The van der Waals surface area contributed by atoms with Gasteiger partial charge in [0.15, 0.2) is 5.78 Å². The summed E-state index contributed by atoms with van der Waals surface area (Å²) in [5, 5.41) is 1.02. The van der Waals surface area contributed by atoms with Gasteiger partial charge in [-0.2, -0.15) is 0 Å². The minimum Gasteiger partial charge on any atom is -0.293 e. The molecular formula is C14H9BrCl2OS. The largest absolute Gasteiger partial charge is 0.293 e. The van der Waals surface area contributed by atoms with Crippen LogP contribution in [-0.2, 0) is 0 Å². The number of hydrogen-bond acceptors (Lipinski definition) is 2. The third-order valence-corrected chi connectivity index (χ3v) is 4.86. The quantitative estimate of drug-likeness (QED) is 0.501. The van der Waals surface area contributed by atoms with E-state index in [0.717, 1.165) is 9.37 Å². The summed E-state index contributed by atoms with van der Waals surface area (Å²) >= 11 is 16.6. The van der Waals surface area contributed by atoms with Gasteiger partial charge in [0.2, 0.25) is 0 Å². The Balaban J connectivity index is 2.04. The summed E-state index contributed by atoms with van der Waals surface area (Å²) in [7, 11) is 0. The first-order chi connectivity index (χ1) is 9.08. The van der Waals surface area contributed by atoms with Gasteiger partial charge in [-0.05, 0) is 24.3 Å². The highest BCUT2D eigenvalue weighted by molar-refractivity contribution is 9.10. The highest BCUT2D eigenvalue weighted by Crippen LogP contribution is 2.28. The number of carbonyl (C=O) groups excluding carboxylic acids is 1. The van der Waals surface area contributed by atoms with Gasteiger partial charge >= 0.3 is 0 Å². The standard InChI is InChI=1S/C14H9BrCl2OS/c15-11-4-2-1-3-10(11)14(18)8-19-9-5-6-12(16)13(17)7-9/h1-7H,8H2. The van der Waals surface area contributed by atoms with Crippen molar-refractivity contribution in [3.63, 3.8) is 0 Å². The first-order valence-corrected chi connectivity index (χ1v) is 7.97. The molecule has 0 N–H and O–H groups in total. The van der Waals surface area contributed by atoms with E-state index < -0.39 is 0 Å². The van der Waals surface area contributed by atoms with Gasteiger partial charge < -0.3 is 0 Å². The maximum Gasteiger partial charge on any atom is 0.174 e. The molecular weight excluding hydrogens is 367 g/mol. The van der Waals surface area contributed by atoms with Crippen molar-refractivity contribution in [3.8, 4) is 0 Å². The van der Waals surface area contributed by atoms with Crippen LogP contribution in [0.1, 0.15) is 10.4 Å². The molecule has 0 aliphatic rings. The Hall–Kier alpha value is -0.480. The molecule has 0 saturated heterocycles. The Kier molecular flexibility index (Phi) is 5.34. The van der Waals surface area contributed by atoms with E-state index >= 15 is 0 Å². The molecule has 2 rings (SSSR count). The molecule has 0 amide bonds. The maximum atomic E-state index is 12.1. The molecule has 98 valence electrons. The van der Waals surface area contributed by atoms with Crippen LogP contribution in [0.2, 0.25) is 10.0 Å². The second kappa shape index (κ2) is 6.80. The Morgan fingerprint density at radius 1 is 1.11 bits per heavy atom. The lowest BCUT2D eigenvalue weighted by Crippen LogP contribution is -2.03. The Labute approximate surface area is 134 Å². The fourth-order valence-electron chi connectivity index (χ4n) is 1.48. The minimum atomic E-state index is 0.0727. The van der Waals surface area contributed by atoms with Crippen LogP contribution in [0.15, 0.2) is 51.8 Å². The number of Topliss-reactive ketones (excluding diaryl/α,β-unsaturated/α-hetero) is 1.